The number of carbonyl (C=O) groups excluding carboxylic acids is 1. The van der Waals surface area contributed by atoms with Gasteiger partial charge in [-0.15, -0.1) is 0 Å². The molecule has 0 spiro atoms. The Morgan fingerprint density at radius 1 is 1.24 bits per heavy atom. The Morgan fingerprint density at radius 2 is 2.08 bits per heavy atom. The average molecular weight is 347 g/mol. The fourth-order valence-corrected chi connectivity index (χ4v) is 3.29. The zero-order valence-corrected chi connectivity index (χ0v) is 14.5. The van der Waals surface area contributed by atoms with Gasteiger partial charge in [-0.2, -0.15) is 0 Å². The van der Waals surface area contributed by atoms with Crippen molar-refractivity contribution in [1.82, 2.24) is 5.32 Å². The summed E-state index contributed by atoms with van der Waals surface area (Å²) < 4.78 is 19.6. The van der Waals surface area contributed by atoms with Crippen molar-refractivity contribution in [3.05, 3.63) is 35.7 Å². The van der Waals surface area contributed by atoms with E-state index in [1.165, 1.54) is 24.5 Å². The van der Waals surface area contributed by atoms with Crippen LogP contribution in [0.1, 0.15) is 32.1 Å². The van der Waals surface area contributed by atoms with Gasteiger partial charge in [0.1, 0.15) is 5.82 Å². The van der Waals surface area contributed by atoms with Gasteiger partial charge in [-0.05, 0) is 50.3 Å². The van der Waals surface area contributed by atoms with Crippen molar-refractivity contribution >= 4 is 17.4 Å². The van der Waals surface area contributed by atoms with E-state index >= 15 is 0 Å². The first kappa shape index (κ1) is 17.7. The van der Waals surface area contributed by atoms with Gasteiger partial charge in [-0.1, -0.05) is 11.6 Å². The third-order valence-corrected chi connectivity index (χ3v) is 4.67. The number of carbonyl (C=O) groups is 1. The van der Waals surface area contributed by atoms with Crippen LogP contribution in [0.3, 0.4) is 0 Å². The number of hydrogen-bond acceptors (Lipinski definition) is 3. The quantitative estimate of drug-likeness (QED) is 0.799. The predicted molar refractivity (Wildman–Crippen MR) is 97.6 cm³/mol. The first-order chi connectivity index (χ1) is 12.2. The van der Waals surface area contributed by atoms with Gasteiger partial charge in [0.05, 0.1) is 18.9 Å². The number of morpholine rings is 1. The van der Waals surface area contributed by atoms with Crippen LogP contribution < -0.4 is 15.5 Å². The highest BCUT2D eigenvalue weighted by Crippen LogP contribution is 2.24. The van der Waals surface area contributed by atoms with Crippen molar-refractivity contribution in [2.45, 2.75) is 32.1 Å². The number of amides is 2. The number of nitrogens with one attached hydrogen (secondary N) is 2. The zero-order valence-electron chi connectivity index (χ0n) is 14.5. The maximum atomic E-state index is 14.3. The molecule has 0 radical (unpaired) electrons. The molecule has 1 aromatic rings. The summed E-state index contributed by atoms with van der Waals surface area (Å²) in [6.07, 6.45) is 7.96. The Balaban J connectivity index is 1.47. The Morgan fingerprint density at radius 3 is 2.80 bits per heavy atom. The van der Waals surface area contributed by atoms with Crippen molar-refractivity contribution in [3.63, 3.8) is 0 Å². The highest BCUT2D eigenvalue weighted by Gasteiger charge is 2.15. The summed E-state index contributed by atoms with van der Waals surface area (Å²) in [5.74, 6) is -0.327. The third-order valence-electron chi connectivity index (χ3n) is 4.67. The van der Waals surface area contributed by atoms with Crippen molar-refractivity contribution in [1.29, 1.82) is 0 Å². The van der Waals surface area contributed by atoms with Crippen molar-refractivity contribution in [3.8, 4) is 0 Å². The summed E-state index contributed by atoms with van der Waals surface area (Å²) in [5.41, 5.74) is 2.44. The maximum absolute atomic E-state index is 14.3. The largest absolute Gasteiger partial charge is 0.378 e. The van der Waals surface area contributed by atoms with E-state index in [0.29, 0.717) is 44.2 Å². The van der Waals surface area contributed by atoms with E-state index in [9.17, 15) is 9.18 Å². The minimum absolute atomic E-state index is 0.296. The lowest BCUT2D eigenvalue weighted by molar-refractivity contribution is 0.122. The number of urea groups is 1. The second-order valence-electron chi connectivity index (χ2n) is 6.50. The van der Waals surface area contributed by atoms with E-state index < -0.39 is 0 Å². The van der Waals surface area contributed by atoms with Crippen LogP contribution in [0.4, 0.5) is 20.6 Å². The normalized spacial score (nSPS) is 17.8. The van der Waals surface area contributed by atoms with Crippen LogP contribution >= 0.6 is 0 Å². The summed E-state index contributed by atoms with van der Waals surface area (Å²) in [5, 5.41) is 5.53. The Kier molecular flexibility index (Phi) is 6.28. The lowest BCUT2D eigenvalue weighted by atomic mass is 9.97. The van der Waals surface area contributed by atoms with Crippen molar-refractivity contribution < 1.29 is 13.9 Å². The molecule has 1 fully saturated rings. The molecule has 3 rings (SSSR count). The first-order valence-electron chi connectivity index (χ1n) is 9.07. The molecule has 1 aromatic carbocycles. The van der Waals surface area contributed by atoms with Crippen LogP contribution in [0.2, 0.25) is 0 Å². The topological polar surface area (TPSA) is 53.6 Å². The summed E-state index contributed by atoms with van der Waals surface area (Å²) in [6.45, 7) is 3.18. The van der Waals surface area contributed by atoms with Crippen molar-refractivity contribution in [2.24, 2.45) is 0 Å². The number of halogens is 1. The van der Waals surface area contributed by atoms with E-state index in [0.717, 1.165) is 19.3 Å². The standard InChI is InChI=1S/C19H26FN3O2/c20-17-14-16(6-7-18(17)23-10-12-25-13-11-23)22-19(24)21-9-8-15-4-2-1-3-5-15/h4,6-7,14H,1-3,5,8-13H2,(H2,21,22,24). The van der Waals surface area contributed by atoms with Gasteiger partial charge in [0.15, 0.2) is 0 Å². The van der Waals surface area contributed by atoms with Gasteiger partial charge in [0.2, 0.25) is 0 Å². The van der Waals surface area contributed by atoms with Crippen LogP contribution in [-0.2, 0) is 4.74 Å². The van der Waals surface area contributed by atoms with E-state index in [-0.39, 0.29) is 11.8 Å². The minimum Gasteiger partial charge on any atom is -0.378 e. The third kappa shape index (κ3) is 5.19. The number of benzene rings is 1. The molecule has 6 heteroatoms. The molecule has 1 aliphatic carbocycles. The highest BCUT2D eigenvalue weighted by atomic mass is 19.1. The second kappa shape index (κ2) is 8.85. The maximum Gasteiger partial charge on any atom is 0.319 e. The number of nitrogens with zero attached hydrogens (tertiary/aromatic N) is 1. The SMILES string of the molecule is O=C(NCCC1=CCCCC1)Nc1ccc(N2CCOCC2)c(F)c1. The summed E-state index contributed by atoms with van der Waals surface area (Å²) in [7, 11) is 0. The molecule has 0 unspecified atom stereocenters. The molecular weight excluding hydrogens is 321 g/mol. The Hall–Kier alpha value is -2.08. The van der Waals surface area contributed by atoms with Crippen LogP contribution in [-0.4, -0.2) is 38.9 Å². The smallest absolute Gasteiger partial charge is 0.319 e. The van der Waals surface area contributed by atoms with Gasteiger partial charge in [-0.3, -0.25) is 0 Å². The molecule has 5 nitrogen and oxygen atoms in total. The lowest BCUT2D eigenvalue weighted by Gasteiger charge is -2.29. The first-order valence-corrected chi connectivity index (χ1v) is 9.07. The van der Waals surface area contributed by atoms with E-state index in [2.05, 4.69) is 16.7 Å². The lowest BCUT2D eigenvalue weighted by Crippen LogP contribution is -2.36. The van der Waals surface area contributed by atoms with Gasteiger partial charge < -0.3 is 20.3 Å². The molecule has 1 heterocycles. The fourth-order valence-electron chi connectivity index (χ4n) is 3.29. The van der Waals surface area contributed by atoms with Gasteiger partial charge >= 0.3 is 6.03 Å². The minimum atomic E-state index is -0.327. The van der Waals surface area contributed by atoms with Crippen molar-refractivity contribution in [2.75, 3.05) is 43.1 Å². The number of rotatable bonds is 5. The van der Waals surface area contributed by atoms with Gasteiger partial charge in [0, 0.05) is 25.3 Å². The van der Waals surface area contributed by atoms with Crippen LogP contribution in [0.25, 0.3) is 0 Å². The molecule has 0 aromatic heterocycles. The molecule has 2 amide bonds. The summed E-state index contributed by atoms with van der Waals surface area (Å²) >= 11 is 0. The molecule has 0 bridgehead atoms. The molecule has 0 saturated carbocycles. The number of hydrogen-bond donors (Lipinski definition) is 2. The molecule has 1 aliphatic heterocycles. The Labute approximate surface area is 148 Å². The zero-order chi connectivity index (χ0) is 17.5. The molecule has 136 valence electrons. The monoisotopic (exact) mass is 347 g/mol. The van der Waals surface area contributed by atoms with Crippen LogP contribution in [0.5, 0.6) is 0 Å². The fraction of sp³-hybridized carbons (Fsp3) is 0.526. The van der Waals surface area contributed by atoms with Crippen LogP contribution in [0, 0.1) is 5.82 Å². The number of allylic oxidation sites excluding steroid dienone is 1. The van der Waals surface area contributed by atoms with E-state index in [1.54, 1.807) is 12.1 Å². The molecule has 25 heavy (non-hydrogen) atoms. The average Bonchev–Trinajstić information content (AvgIpc) is 2.63. The molecule has 0 atom stereocenters. The molecule has 2 N–H and O–H groups in total. The summed E-state index contributed by atoms with van der Waals surface area (Å²) in [4.78, 5) is 13.9. The van der Waals surface area contributed by atoms with E-state index in [1.807, 2.05) is 4.90 Å². The molecular formula is C19H26FN3O2. The highest BCUT2D eigenvalue weighted by molar-refractivity contribution is 5.89. The molecule has 2 aliphatic rings. The Bertz CT molecular complexity index is 627. The van der Waals surface area contributed by atoms with Crippen LogP contribution in [0.15, 0.2) is 29.8 Å². The van der Waals surface area contributed by atoms with Gasteiger partial charge in [0.25, 0.3) is 0 Å². The predicted octanol–water partition coefficient (Wildman–Crippen LogP) is 3.67. The van der Waals surface area contributed by atoms with E-state index in [4.69, 9.17) is 4.74 Å². The molecule has 1 saturated heterocycles. The summed E-state index contributed by atoms with van der Waals surface area (Å²) in [6, 6.07) is 4.52. The number of anilines is 2. The van der Waals surface area contributed by atoms with Gasteiger partial charge in [-0.25, -0.2) is 9.18 Å². The second-order valence-corrected chi connectivity index (χ2v) is 6.50. The number of ether oxygens (including phenoxy) is 1.